The minimum absolute atomic E-state index is 0. The Morgan fingerprint density at radius 1 is 0.929 bits per heavy atom. The summed E-state index contributed by atoms with van der Waals surface area (Å²) in [4.78, 5) is -0.314. The van der Waals surface area contributed by atoms with E-state index in [1.165, 1.54) is 56.4 Å². The predicted molar refractivity (Wildman–Crippen MR) is 104 cm³/mol. The molecular formula is C21H27NaO5S. The van der Waals surface area contributed by atoms with Gasteiger partial charge in [0.05, 0.1) is 0 Å². The predicted octanol–water partition coefficient (Wildman–Crippen LogP) is 2.10. The Kier molecular flexibility index (Phi) is 11.2. The van der Waals surface area contributed by atoms with Crippen LogP contribution in [-0.4, -0.2) is 13.0 Å². The first-order valence-corrected chi connectivity index (χ1v) is 10.9. The molecule has 5 nitrogen and oxygen atoms in total. The third-order valence-corrected chi connectivity index (χ3v) is 5.30. The summed E-state index contributed by atoms with van der Waals surface area (Å²) in [6, 6.07) is 10.7. The van der Waals surface area contributed by atoms with Gasteiger partial charge in [-0.05, 0) is 36.6 Å². The monoisotopic (exact) mass is 414 g/mol. The molecule has 0 radical (unpaired) electrons. The summed E-state index contributed by atoms with van der Waals surface area (Å²) in [5.74, 6) is -0.391. The van der Waals surface area contributed by atoms with Gasteiger partial charge in [-0.1, -0.05) is 75.5 Å². The summed E-state index contributed by atoms with van der Waals surface area (Å²) in [6.45, 7) is 2.19. The standard InChI is InChI=1S/C21H28O5S.Na/c1-2-3-4-5-6-7-8-11-17-14-15-20(21(16-17)27(23,24)25)26-19-13-10-9-12-18(19)22;/h9-10,12-16,22H,2-8,11H2,1H3,(H,23,24,25);/q;+1/p-1. The van der Waals surface area contributed by atoms with Crippen molar-refractivity contribution in [2.75, 3.05) is 0 Å². The van der Waals surface area contributed by atoms with E-state index in [0.717, 1.165) is 24.8 Å². The molecule has 0 aliphatic heterocycles. The van der Waals surface area contributed by atoms with Crippen LogP contribution in [0.4, 0.5) is 0 Å². The van der Waals surface area contributed by atoms with Gasteiger partial charge in [0.25, 0.3) is 10.1 Å². The van der Waals surface area contributed by atoms with E-state index in [2.05, 4.69) is 6.92 Å². The molecule has 7 heteroatoms. The van der Waals surface area contributed by atoms with Crippen LogP contribution in [0.15, 0.2) is 47.4 Å². The van der Waals surface area contributed by atoms with E-state index < -0.39 is 10.1 Å². The van der Waals surface area contributed by atoms with Crippen molar-refractivity contribution in [2.45, 2.75) is 63.2 Å². The Bertz CT molecular complexity index is 836. The molecule has 2 rings (SSSR count). The Labute approximate surface area is 190 Å². The van der Waals surface area contributed by atoms with Gasteiger partial charge in [-0.3, -0.25) is 4.55 Å². The van der Waals surface area contributed by atoms with Crippen LogP contribution >= 0.6 is 0 Å². The molecule has 1 N–H and O–H groups in total. The van der Waals surface area contributed by atoms with Crippen LogP contribution in [0.1, 0.15) is 57.4 Å². The van der Waals surface area contributed by atoms with Crippen LogP contribution < -0.4 is 39.4 Å². The topological polar surface area (TPSA) is 86.7 Å². The van der Waals surface area contributed by atoms with Crippen LogP contribution in [0.5, 0.6) is 17.2 Å². The summed E-state index contributed by atoms with van der Waals surface area (Å²) in [6.07, 6.45) is 8.94. The zero-order valence-electron chi connectivity index (χ0n) is 16.7. The molecule has 0 aliphatic carbocycles. The minimum atomic E-state index is -4.46. The number of benzene rings is 2. The summed E-state index contributed by atoms with van der Waals surface area (Å²) >= 11 is 0. The van der Waals surface area contributed by atoms with Crippen molar-refractivity contribution < 1.29 is 52.4 Å². The second-order valence-electron chi connectivity index (χ2n) is 6.68. The van der Waals surface area contributed by atoms with Gasteiger partial charge in [-0.2, -0.15) is 8.42 Å². The zero-order valence-corrected chi connectivity index (χ0v) is 19.5. The number of unbranched alkanes of at least 4 members (excludes halogenated alkanes) is 6. The van der Waals surface area contributed by atoms with Gasteiger partial charge in [0.1, 0.15) is 16.4 Å². The first-order chi connectivity index (χ1) is 12.9. The van der Waals surface area contributed by atoms with Crippen molar-refractivity contribution in [3.8, 4) is 17.2 Å². The van der Waals surface area contributed by atoms with Crippen LogP contribution in [0.2, 0.25) is 0 Å². The molecule has 148 valence electrons. The summed E-state index contributed by atoms with van der Waals surface area (Å²) in [5, 5.41) is 11.8. The van der Waals surface area contributed by atoms with Crippen LogP contribution in [0, 0.1) is 0 Å². The Morgan fingerprint density at radius 3 is 2.21 bits per heavy atom. The first kappa shape index (κ1) is 25.0. The third-order valence-electron chi connectivity index (χ3n) is 4.42. The number of hydrogen-bond donors (Lipinski definition) is 1. The Hall–Kier alpha value is -1.05. The Morgan fingerprint density at radius 2 is 1.57 bits per heavy atom. The van der Waals surface area contributed by atoms with Crippen molar-refractivity contribution >= 4 is 10.1 Å². The largest absolute Gasteiger partial charge is 1.00 e. The van der Waals surface area contributed by atoms with E-state index in [9.17, 15) is 18.1 Å². The van der Waals surface area contributed by atoms with E-state index in [0.29, 0.717) is 0 Å². The van der Waals surface area contributed by atoms with Gasteiger partial charge in [-0.15, -0.1) is 0 Å². The van der Waals surface area contributed by atoms with E-state index >= 15 is 0 Å². The molecule has 0 bridgehead atoms. The maximum atomic E-state index is 11.8. The maximum absolute atomic E-state index is 11.8. The van der Waals surface area contributed by atoms with Crippen molar-refractivity contribution in [1.29, 1.82) is 0 Å². The second kappa shape index (κ2) is 12.5. The van der Waals surface area contributed by atoms with Gasteiger partial charge in [0.2, 0.25) is 0 Å². The maximum Gasteiger partial charge on any atom is 1.00 e. The number of ether oxygens (including phenoxy) is 1. The summed E-state index contributed by atoms with van der Waals surface area (Å²) < 4.78 is 38.5. The number of para-hydroxylation sites is 2. The second-order valence-corrected chi connectivity index (χ2v) is 8.07. The fraction of sp³-hybridized carbons (Fsp3) is 0.429. The molecule has 2 aromatic carbocycles. The average molecular weight is 414 g/mol. The molecule has 2 aromatic rings. The minimum Gasteiger partial charge on any atom is -0.870 e. The fourth-order valence-electron chi connectivity index (χ4n) is 2.93. The van der Waals surface area contributed by atoms with Gasteiger partial charge in [-0.25, -0.2) is 0 Å². The molecule has 0 fully saturated rings. The van der Waals surface area contributed by atoms with Crippen molar-refractivity contribution in [3.05, 3.63) is 48.0 Å². The molecule has 0 spiro atoms. The smallest absolute Gasteiger partial charge is 0.870 e. The van der Waals surface area contributed by atoms with Crippen LogP contribution in [-0.2, 0) is 16.5 Å². The molecule has 0 aromatic heterocycles. The quantitative estimate of drug-likeness (QED) is 0.346. The van der Waals surface area contributed by atoms with E-state index in [-0.39, 0.29) is 51.7 Å². The number of rotatable bonds is 11. The molecule has 0 aliphatic rings. The van der Waals surface area contributed by atoms with Gasteiger partial charge < -0.3 is 9.84 Å². The molecular weight excluding hydrogens is 387 g/mol. The molecule has 0 atom stereocenters. The average Bonchev–Trinajstić information content (AvgIpc) is 2.63. The van der Waals surface area contributed by atoms with Gasteiger partial charge in [0, 0.05) is 0 Å². The zero-order chi connectivity index (χ0) is 19.7. The third kappa shape index (κ3) is 8.13. The number of hydrogen-bond acceptors (Lipinski definition) is 4. The van der Waals surface area contributed by atoms with Crippen molar-refractivity contribution in [1.82, 2.24) is 0 Å². The molecule has 28 heavy (non-hydrogen) atoms. The normalized spacial score (nSPS) is 11.1. The van der Waals surface area contributed by atoms with Gasteiger partial charge in [0.15, 0.2) is 0 Å². The fourth-order valence-corrected chi connectivity index (χ4v) is 3.60. The van der Waals surface area contributed by atoms with E-state index in [4.69, 9.17) is 4.74 Å². The molecule has 0 saturated heterocycles. The summed E-state index contributed by atoms with van der Waals surface area (Å²) in [7, 11) is -4.46. The first-order valence-electron chi connectivity index (χ1n) is 9.46. The van der Waals surface area contributed by atoms with Gasteiger partial charge >= 0.3 is 29.6 Å². The van der Waals surface area contributed by atoms with Crippen LogP contribution in [0.3, 0.4) is 0 Å². The molecule has 0 saturated carbocycles. The SMILES string of the molecule is CCCCCCCCCc1ccc(Oc2ccccc2[O-])c(S(=O)(=O)O)c1.[Na+]. The van der Waals surface area contributed by atoms with Crippen molar-refractivity contribution in [3.63, 3.8) is 0 Å². The Balaban J connectivity index is 0.00000392. The van der Waals surface area contributed by atoms with E-state index in [1.807, 2.05) is 0 Å². The number of aryl methyl sites for hydroxylation is 1. The molecule has 0 amide bonds. The van der Waals surface area contributed by atoms with E-state index in [1.54, 1.807) is 18.2 Å². The van der Waals surface area contributed by atoms with Crippen molar-refractivity contribution in [2.24, 2.45) is 0 Å². The van der Waals surface area contributed by atoms with Crippen LogP contribution in [0.25, 0.3) is 0 Å². The summed E-state index contributed by atoms with van der Waals surface area (Å²) in [5.41, 5.74) is 0.818. The molecule has 0 unspecified atom stereocenters. The molecule has 0 heterocycles.